The van der Waals surface area contributed by atoms with Crippen LogP contribution < -0.4 is 5.32 Å². The molecule has 0 atom stereocenters. The molecule has 0 bridgehead atoms. The first-order valence-electron chi connectivity index (χ1n) is 8.91. The number of aliphatic hydroxyl groups is 1. The molecule has 0 aliphatic heterocycles. The molecule has 2 N–H and O–H groups in total. The van der Waals surface area contributed by atoms with E-state index in [1.54, 1.807) is 0 Å². The van der Waals surface area contributed by atoms with E-state index in [0.717, 1.165) is 48.4 Å². The van der Waals surface area contributed by atoms with Crippen molar-refractivity contribution in [1.82, 2.24) is 14.6 Å². The number of fused-ring (bicyclic) bond motifs is 1. The highest BCUT2D eigenvalue weighted by molar-refractivity contribution is 5.64. The van der Waals surface area contributed by atoms with E-state index in [9.17, 15) is 5.11 Å². The second kappa shape index (κ2) is 6.15. The van der Waals surface area contributed by atoms with Gasteiger partial charge in [0.25, 0.3) is 0 Å². The van der Waals surface area contributed by atoms with Gasteiger partial charge in [-0.1, -0.05) is 23.8 Å². The fraction of sp³-hybridized carbons (Fsp3) is 0.400. The number of nitrogens with zero attached hydrogens (tertiary/aromatic N) is 3. The van der Waals surface area contributed by atoms with Crippen LogP contribution in [0.3, 0.4) is 0 Å². The van der Waals surface area contributed by atoms with E-state index in [0.29, 0.717) is 6.04 Å². The zero-order valence-corrected chi connectivity index (χ0v) is 14.7. The van der Waals surface area contributed by atoms with Gasteiger partial charge in [0.05, 0.1) is 17.5 Å². The van der Waals surface area contributed by atoms with Crippen molar-refractivity contribution >= 4 is 11.5 Å². The zero-order chi connectivity index (χ0) is 17.4. The summed E-state index contributed by atoms with van der Waals surface area (Å²) < 4.78 is 1.90. The minimum absolute atomic E-state index is 0.358. The molecule has 25 heavy (non-hydrogen) atoms. The quantitative estimate of drug-likeness (QED) is 0.763. The molecule has 1 aromatic carbocycles. The fourth-order valence-corrected chi connectivity index (χ4v) is 3.54. The molecule has 0 spiro atoms. The van der Waals surface area contributed by atoms with E-state index in [-0.39, 0.29) is 0 Å². The van der Waals surface area contributed by atoms with Crippen molar-refractivity contribution in [3.8, 4) is 11.3 Å². The molecule has 130 valence electrons. The van der Waals surface area contributed by atoms with Gasteiger partial charge in [-0.25, -0.2) is 9.50 Å². The van der Waals surface area contributed by atoms with E-state index in [1.807, 2.05) is 29.8 Å². The Hall–Kier alpha value is -2.40. The number of aryl methyl sites for hydroxylation is 1. The van der Waals surface area contributed by atoms with Crippen molar-refractivity contribution in [2.45, 2.75) is 51.2 Å². The van der Waals surface area contributed by atoms with Gasteiger partial charge in [0, 0.05) is 11.6 Å². The van der Waals surface area contributed by atoms with Crippen LogP contribution in [0.1, 0.15) is 38.2 Å². The summed E-state index contributed by atoms with van der Waals surface area (Å²) in [6, 6.07) is 12.7. The van der Waals surface area contributed by atoms with Crippen LogP contribution in [0.15, 0.2) is 42.6 Å². The maximum Gasteiger partial charge on any atom is 0.154 e. The molecule has 1 aliphatic carbocycles. The monoisotopic (exact) mass is 336 g/mol. The predicted molar refractivity (Wildman–Crippen MR) is 99.7 cm³/mol. The Labute approximate surface area is 147 Å². The highest BCUT2D eigenvalue weighted by Gasteiger charge is 2.28. The summed E-state index contributed by atoms with van der Waals surface area (Å²) >= 11 is 0. The molecule has 2 aromatic heterocycles. The summed E-state index contributed by atoms with van der Waals surface area (Å²) in [4.78, 5) is 4.47. The Balaban J connectivity index is 1.61. The smallest absolute Gasteiger partial charge is 0.154 e. The SMILES string of the molecule is Cc1cccc(-c2cnc3ccc(NC4CCC(C)(O)CC4)nn23)c1. The Morgan fingerprint density at radius 3 is 2.76 bits per heavy atom. The van der Waals surface area contributed by atoms with Gasteiger partial charge in [-0.2, -0.15) is 0 Å². The lowest BCUT2D eigenvalue weighted by molar-refractivity contribution is 0.0196. The van der Waals surface area contributed by atoms with Crippen molar-refractivity contribution in [2.75, 3.05) is 5.32 Å². The molecule has 0 unspecified atom stereocenters. The van der Waals surface area contributed by atoms with Gasteiger partial charge in [0.1, 0.15) is 5.82 Å². The molecule has 0 saturated heterocycles. The molecular weight excluding hydrogens is 312 g/mol. The van der Waals surface area contributed by atoms with Crippen molar-refractivity contribution in [1.29, 1.82) is 0 Å². The van der Waals surface area contributed by atoms with Crippen molar-refractivity contribution in [3.05, 3.63) is 48.2 Å². The van der Waals surface area contributed by atoms with Gasteiger partial charge in [-0.3, -0.25) is 0 Å². The average Bonchev–Trinajstić information content (AvgIpc) is 3.00. The third kappa shape index (κ3) is 3.37. The van der Waals surface area contributed by atoms with Gasteiger partial charge < -0.3 is 10.4 Å². The minimum atomic E-state index is -0.516. The second-order valence-electron chi connectivity index (χ2n) is 7.42. The highest BCUT2D eigenvalue weighted by Crippen LogP contribution is 2.29. The zero-order valence-electron chi connectivity index (χ0n) is 14.7. The topological polar surface area (TPSA) is 62.5 Å². The lowest BCUT2D eigenvalue weighted by Crippen LogP contribution is -2.36. The van der Waals surface area contributed by atoms with Crippen LogP contribution in [0.25, 0.3) is 16.9 Å². The van der Waals surface area contributed by atoms with Crippen molar-refractivity contribution < 1.29 is 5.11 Å². The van der Waals surface area contributed by atoms with Crippen LogP contribution in [-0.4, -0.2) is 31.3 Å². The van der Waals surface area contributed by atoms with Gasteiger partial charge in [-0.05, 0) is 57.7 Å². The number of anilines is 1. The van der Waals surface area contributed by atoms with E-state index in [2.05, 4.69) is 41.5 Å². The number of nitrogens with one attached hydrogen (secondary N) is 1. The van der Waals surface area contributed by atoms with Gasteiger partial charge >= 0.3 is 0 Å². The fourth-order valence-electron chi connectivity index (χ4n) is 3.54. The molecule has 0 radical (unpaired) electrons. The molecule has 1 aliphatic rings. The molecular formula is C20H24N4O. The summed E-state index contributed by atoms with van der Waals surface area (Å²) in [5, 5.41) is 18.4. The third-order valence-electron chi connectivity index (χ3n) is 5.09. The van der Waals surface area contributed by atoms with Crippen LogP contribution in [0, 0.1) is 6.92 Å². The van der Waals surface area contributed by atoms with E-state index in [1.165, 1.54) is 5.56 Å². The predicted octanol–water partition coefficient (Wildman–Crippen LogP) is 3.81. The summed E-state index contributed by atoms with van der Waals surface area (Å²) in [5.74, 6) is 0.853. The molecule has 3 aromatic rings. The number of hydrogen-bond donors (Lipinski definition) is 2. The summed E-state index contributed by atoms with van der Waals surface area (Å²) in [5.41, 5.74) is 3.66. The number of rotatable bonds is 3. The number of hydrogen-bond acceptors (Lipinski definition) is 4. The number of aromatic nitrogens is 3. The van der Waals surface area contributed by atoms with Crippen molar-refractivity contribution in [3.63, 3.8) is 0 Å². The van der Waals surface area contributed by atoms with Gasteiger partial charge in [-0.15, -0.1) is 5.10 Å². The second-order valence-corrected chi connectivity index (χ2v) is 7.42. The Morgan fingerprint density at radius 2 is 2.00 bits per heavy atom. The summed E-state index contributed by atoms with van der Waals surface area (Å²) in [6.07, 6.45) is 5.44. The van der Waals surface area contributed by atoms with Crippen molar-refractivity contribution in [2.24, 2.45) is 0 Å². The summed E-state index contributed by atoms with van der Waals surface area (Å²) in [7, 11) is 0. The maximum absolute atomic E-state index is 10.1. The van der Waals surface area contributed by atoms with Gasteiger partial charge in [0.2, 0.25) is 0 Å². The van der Waals surface area contributed by atoms with Gasteiger partial charge in [0.15, 0.2) is 5.65 Å². The Bertz CT molecular complexity index is 890. The van der Waals surface area contributed by atoms with Crippen LogP contribution in [0.5, 0.6) is 0 Å². The van der Waals surface area contributed by atoms with E-state index >= 15 is 0 Å². The summed E-state index contributed by atoms with van der Waals surface area (Å²) in [6.45, 7) is 4.01. The van der Waals surface area contributed by atoms with E-state index in [4.69, 9.17) is 5.10 Å². The minimum Gasteiger partial charge on any atom is -0.390 e. The Kier molecular flexibility index (Phi) is 3.96. The van der Waals surface area contributed by atoms with Crippen LogP contribution in [0.2, 0.25) is 0 Å². The Morgan fingerprint density at radius 1 is 1.20 bits per heavy atom. The molecule has 0 amide bonds. The normalized spacial score (nSPS) is 23.7. The standard InChI is InChI=1S/C20H24N4O/c1-14-4-3-5-15(12-14)17-13-21-19-7-6-18(23-24(17)19)22-16-8-10-20(2,25)11-9-16/h3-7,12-13,16,25H,8-11H2,1-2H3,(H,22,23). The first-order valence-corrected chi connectivity index (χ1v) is 8.91. The molecule has 5 heteroatoms. The number of benzene rings is 1. The number of imidazole rings is 1. The van der Waals surface area contributed by atoms with Crippen LogP contribution in [0.4, 0.5) is 5.82 Å². The molecule has 5 nitrogen and oxygen atoms in total. The molecule has 1 saturated carbocycles. The maximum atomic E-state index is 10.1. The van der Waals surface area contributed by atoms with Crippen LogP contribution >= 0.6 is 0 Å². The van der Waals surface area contributed by atoms with Crippen LogP contribution in [-0.2, 0) is 0 Å². The first-order chi connectivity index (χ1) is 12.0. The lowest BCUT2D eigenvalue weighted by Gasteiger charge is -2.33. The molecule has 2 heterocycles. The average molecular weight is 336 g/mol. The first kappa shape index (κ1) is 16.1. The third-order valence-corrected chi connectivity index (χ3v) is 5.09. The van der Waals surface area contributed by atoms with E-state index < -0.39 is 5.60 Å². The largest absolute Gasteiger partial charge is 0.390 e. The molecule has 4 rings (SSSR count). The molecule has 1 fully saturated rings. The lowest BCUT2D eigenvalue weighted by atomic mass is 9.84. The highest BCUT2D eigenvalue weighted by atomic mass is 16.3.